The van der Waals surface area contributed by atoms with E-state index in [0.717, 1.165) is 24.2 Å². The topological polar surface area (TPSA) is 104 Å². The van der Waals surface area contributed by atoms with Gasteiger partial charge in [0.05, 0.1) is 12.3 Å². The van der Waals surface area contributed by atoms with Gasteiger partial charge in [-0.15, -0.1) is 0 Å². The zero-order chi connectivity index (χ0) is 15.9. The summed E-state index contributed by atoms with van der Waals surface area (Å²) in [5.74, 6) is 0.189. The number of aromatic nitrogens is 2. The molecule has 0 radical (unpaired) electrons. The van der Waals surface area contributed by atoms with Crippen molar-refractivity contribution in [1.82, 2.24) is 9.97 Å². The number of carbonyl (C=O) groups is 1. The Morgan fingerprint density at radius 2 is 1.91 bits per heavy atom. The highest BCUT2D eigenvalue weighted by Gasteiger charge is 2.09. The molecule has 1 aromatic heterocycles. The van der Waals surface area contributed by atoms with Crippen LogP contribution in [0.5, 0.6) is 5.75 Å². The normalized spacial score (nSPS) is 10.4. The van der Waals surface area contributed by atoms with E-state index >= 15 is 0 Å². The third-order valence-corrected chi connectivity index (χ3v) is 3.16. The van der Waals surface area contributed by atoms with Gasteiger partial charge in [-0.25, -0.2) is 9.97 Å². The quantitative estimate of drug-likeness (QED) is 0.764. The molecule has 0 unspecified atom stereocenters. The van der Waals surface area contributed by atoms with Crippen LogP contribution in [0.4, 0.5) is 5.95 Å². The summed E-state index contributed by atoms with van der Waals surface area (Å²) in [5.41, 5.74) is 12.3. The molecule has 1 heterocycles. The number of nitrogen functional groups attached to an aromatic ring is 1. The second-order valence-corrected chi connectivity index (χ2v) is 4.94. The van der Waals surface area contributed by atoms with E-state index in [1.807, 2.05) is 24.3 Å². The predicted molar refractivity (Wildman–Crippen MR) is 85.4 cm³/mol. The molecule has 0 aliphatic carbocycles. The minimum Gasteiger partial charge on any atom is -0.494 e. The monoisotopic (exact) mass is 300 g/mol. The summed E-state index contributed by atoms with van der Waals surface area (Å²) in [6.45, 7) is 2.86. The van der Waals surface area contributed by atoms with Gasteiger partial charge in [-0.05, 0) is 36.8 Å². The van der Waals surface area contributed by atoms with Crippen LogP contribution < -0.4 is 16.2 Å². The van der Waals surface area contributed by atoms with Gasteiger partial charge in [-0.3, -0.25) is 4.79 Å². The highest BCUT2D eigenvalue weighted by molar-refractivity contribution is 5.92. The van der Waals surface area contributed by atoms with E-state index in [-0.39, 0.29) is 11.6 Å². The van der Waals surface area contributed by atoms with Crippen molar-refractivity contribution in [3.05, 3.63) is 36.0 Å². The summed E-state index contributed by atoms with van der Waals surface area (Å²) in [6.07, 6.45) is 3.37. The van der Waals surface area contributed by atoms with Crippen molar-refractivity contribution in [3.8, 4) is 17.0 Å². The lowest BCUT2D eigenvalue weighted by molar-refractivity contribution is 0.0995. The molecule has 0 aliphatic heterocycles. The van der Waals surface area contributed by atoms with Crippen LogP contribution >= 0.6 is 0 Å². The number of benzene rings is 1. The summed E-state index contributed by atoms with van der Waals surface area (Å²) in [7, 11) is 0. The van der Waals surface area contributed by atoms with Crippen LogP contribution in [0.15, 0.2) is 30.3 Å². The third-order valence-electron chi connectivity index (χ3n) is 3.16. The average Bonchev–Trinajstić information content (AvgIpc) is 2.51. The number of hydrogen-bond acceptors (Lipinski definition) is 5. The van der Waals surface area contributed by atoms with E-state index in [1.54, 1.807) is 0 Å². The van der Waals surface area contributed by atoms with Gasteiger partial charge in [0.15, 0.2) is 0 Å². The average molecular weight is 300 g/mol. The first-order valence-corrected chi connectivity index (χ1v) is 7.27. The minimum atomic E-state index is -0.633. The van der Waals surface area contributed by atoms with Crippen LogP contribution in [-0.4, -0.2) is 22.5 Å². The molecule has 4 N–H and O–H groups in total. The van der Waals surface area contributed by atoms with E-state index in [4.69, 9.17) is 16.2 Å². The lowest BCUT2D eigenvalue weighted by Crippen LogP contribution is -2.15. The summed E-state index contributed by atoms with van der Waals surface area (Å²) < 4.78 is 5.65. The molecule has 2 aromatic rings. The maximum Gasteiger partial charge on any atom is 0.267 e. The summed E-state index contributed by atoms with van der Waals surface area (Å²) in [4.78, 5) is 19.1. The van der Waals surface area contributed by atoms with Gasteiger partial charge in [0.1, 0.15) is 11.4 Å². The number of primary amides is 1. The van der Waals surface area contributed by atoms with E-state index in [1.165, 1.54) is 12.5 Å². The smallest absolute Gasteiger partial charge is 0.267 e. The second-order valence-electron chi connectivity index (χ2n) is 4.94. The Hall–Kier alpha value is -2.63. The molecule has 116 valence electrons. The highest BCUT2D eigenvalue weighted by Crippen LogP contribution is 2.22. The van der Waals surface area contributed by atoms with Gasteiger partial charge >= 0.3 is 0 Å². The molecule has 0 spiro atoms. The molecular weight excluding hydrogens is 280 g/mol. The molecular formula is C16H20N4O2. The number of ether oxygens (including phenoxy) is 1. The van der Waals surface area contributed by atoms with Gasteiger partial charge in [0, 0.05) is 5.56 Å². The van der Waals surface area contributed by atoms with Crippen molar-refractivity contribution >= 4 is 11.9 Å². The molecule has 0 aliphatic rings. The van der Waals surface area contributed by atoms with Gasteiger partial charge in [0.2, 0.25) is 5.95 Å². The van der Waals surface area contributed by atoms with Crippen molar-refractivity contribution in [2.75, 3.05) is 12.3 Å². The molecule has 0 atom stereocenters. The maximum atomic E-state index is 11.2. The fourth-order valence-electron chi connectivity index (χ4n) is 2.00. The predicted octanol–water partition coefficient (Wildman–Crippen LogP) is 2.39. The van der Waals surface area contributed by atoms with E-state index in [9.17, 15) is 4.79 Å². The van der Waals surface area contributed by atoms with Crippen LogP contribution in [0.1, 0.15) is 36.7 Å². The summed E-state index contributed by atoms with van der Waals surface area (Å²) >= 11 is 0. The maximum absolute atomic E-state index is 11.2. The Balaban J connectivity index is 2.11. The molecule has 2 rings (SSSR count). The standard InChI is InChI=1S/C16H20N4O2/c1-2-3-4-9-22-12-7-5-11(6-8-12)13-10-14(15(17)21)20-16(18)19-13/h5-8,10H,2-4,9H2,1H3,(H2,17,21)(H2,18,19,20). The highest BCUT2D eigenvalue weighted by atomic mass is 16.5. The van der Waals surface area contributed by atoms with Crippen LogP contribution in [0.25, 0.3) is 11.3 Å². The van der Waals surface area contributed by atoms with E-state index in [2.05, 4.69) is 16.9 Å². The fourth-order valence-corrected chi connectivity index (χ4v) is 2.00. The van der Waals surface area contributed by atoms with Crippen LogP contribution in [0, 0.1) is 0 Å². The Kier molecular flexibility index (Phi) is 5.30. The lowest BCUT2D eigenvalue weighted by atomic mass is 10.1. The third kappa shape index (κ3) is 4.18. The molecule has 0 saturated heterocycles. The van der Waals surface area contributed by atoms with Gasteiger partial charge in [-0.1, -0.05) is 19.8 Å². The molecule has 22 heavy (non-hydrogen) atoms. The number of nitrogens with zero attached hydrogens (tertiary/aromatic N) is 2. The molecule has 6 heteroatoms. The number of rotatable bonds is 7. The van der Waals surface area contributed by atoms with Crippen molar-refractivity contribution in [2.45, 2.75) is 26.2 Å². The molecule has 6 nitrogen and oxygen atoms in total. The van der Waals surface area contributed by atoms with E-state index < -0.39 is 5.91 Å². The number of unbranched alkanes of at least 4 members (excludes halogenated alkanes) is 2. The number of hydrogen-bond donors (Lipinski definition) is 2. The zero-order valence-corrected chi connectivity index (χ0v) is 12.6. The molecule has 1 aromatic carbocycles. The van der Waals surface area contributed by atoms with Gasteiger partial charge in [0.25, 0.3) is 5.91 Å². The Labute approximate surface area is 129 Å². The number of amides is 1. The summed E-state index contributed by atoms with van der Waals surface area (Å²) in [6, 6.07) is 8.98. The second kappa shape index (κ2) is 7.40. The zero-order valence-electron chi connectivity index (χ0n) is 12.6. The van der Waals surface area contributed by atoms with Crippen LogP contribution in [-0.2, 0) is 0 Å². The largest absolute Gasteiger partial charge is 0.494 e. The van der Waals surface area contributed by atoms with Crippen molar-refractivity contribution in [1.29, 1.82) is 0 Å². The van der Waals surface area contributed by atoms with Crippen molar-refractivity contribution < 1.29 is 9.53 Å². The number of nitrogens with two attached hydrogens (primary N) is 2. The number of carbonyl (C=O) groups excluding carboxylic acids is 1. The van der Waals surface area contributed by atoms with Crippen molar-refractivity contribution in [3.63, 3.8) is 0 Å². The summed E-state index contributed by atoms with van der Waals surface area (Å²) in [5, 5.41) is 0. The first-order valence-electron chi connectivity index (χ1n) is 7.27. The Morgan fingerprint density at radius 1 is 1.18 bits per heavy atom. The first kappa shape index (κ1) is 15.8. The van der Waals surface area contributed by atoms with Gasteiger partial charge in [-0.2, -0.15) is 0 Å². The van der Waals surface area contributed by atoms with Gasteiger partial charge < -0.3 is 16.2 Å². The van der Waals surface area contributed by atoms with Crippen LogP contribution in [0.3, 0.4) is 0 Å². The SMILES string of the molecule is CCCCCOc1ccc(-c2cc(C(N)=O)nc(N)n2)cc1. The minimum absolute atomic E-state index is 0.0196. The first-order chi connectivity index (χ1) is 10.6. The molecule has 0 bridgehead atoms. The number of anilines is 1. The Morgan fingerprint density at radius 3 is 2.55 bits per heavy atom. The molecule has 0 fully saturated rings. The molecule has 1 amide bonds. The lowest BCUT2D eigenvalue weighted by Gasteiger charge is -2.07. The van der Waals surface area contributed by atoms with E-state index in [0.29, 0.717) is 12.3 Å². The fraction of sp³-hybridized carbons (Fsp3) is 0.312. The molecule has 0 saturated carbocycles. The van der Waals surface area contributed by atoms with Crippen LogP contribution in [0.2, 0.25) is 0 Å². The Bertz CT molecular complexity index is 641. The van der Waals surface area contributed by atoms with Crippen molar-refractivity contribution in [2.24, 2.45) is 5.73 Å².